The van der Waals surface area contributed by atoms with Gasteiger partial charge in [0.05, 0.1) is 13.7 Å². The Morgan fingerprint density at radius 2 is 1.84 bits per heavy atom. The summed E-state index contributed by atoms with van der Waals surface area (Å²) in [5.41, 5.74) is 1.32. The molecule has 0 fully saturated rings. The topological polar surface area (TPSA) is 42.8 Å². The molecule has 2 atom stereocenters. The summed E-state index contributed by atoms with van der Waals surface area (Å²) in [5, 5.41) is 2.62. The van der Waals surface area contributed by atoms with Gasteiger partial charge in [-0.05, 0) is 50.2 Å². The lowest BCUT2D eigenvalue weighted by Crippen LogP contribution is -3.12. The van der Waals surface area contributed by atoms with Gasteiger partial charge in [-0.3, -0.25) is 4.79 Å². The van der Waals surface area contributed by atoms with Crippen molar-refractivity contribution in [2.75, 3.05) is 19.0 Å². The first-order valence-electron chi connectivity index (χ1n) is 8.20. The molecule has 0 bridgehead atoms. The highest BCUT2D eigenvalue weighted by molar-refractivity contribution is 5.93. The van der Waals surface area contributed by atoms with Gasteiger partial charge in [0.25, 0.3) is 5.91 Å². The molecule has 25 heavy (non-hydrogen) atoms. The van der Waals surface area contributed by atoms with Crippen LogP contribution in [0.3, 0.4) is 0 Å². The fraction of sp³-hybridized carbons (Fsp3) is 0.316. The Morgan fingerprint density at radius 1 is 1.16 bits per heavy atom. The van der Waals surface area contributed by atoms with Crippen LogP contribution in [0, 0.1) is 11.6 Å². The normalized spacial score (nSPS) is 13.2. The maximum absolute atomic E-state index is 13.2. The molecule has 0 spiro atoms. The second kappa shape index (κ2) is 8.58. The van der Waals surface area contributed by atoms with Crippen molar-refractivity contribution in [3.63, 3.8) is 0 Å². The summed E-state index contributed by atoms with van der Waals surface area (Å²) in [7, 11) is 1.91. The van der Waals surface area contributed by atoms with Gasteiger partial charge in [-0.25, -0.2) is 8.78 Å². The number of nitrogens with one attached hydrogen (secondary N) is 2. The molecule has 4 nitrogen and oxygen atoms in total. The van der Waals surface area contributed by atoms with Crippen LogP contribution in [0.25, 0.3) is 0 Å². The van der Waals surface area contributed by atoms with Crippen molar-refractivity contribution < 1.29 is 23.2 Å². The number of ether oxygens (including phenoxy) is 1. The van der Waals surface area contributed by atoms with E-state index >= 15 is 0 Å². The van der Waals surface area contributed by atoms with E-state index in [2.05, 4.69) is 5.32 Å². The largest absolute Gasteiger partial charge is 0.494 e. The zero-order chi connectivity index (χ0) is 18.4. The van der Waals surface area contributed by atoms with Crippen molar-refractivity contribution >= 4 is 11.6 Å². The predicted molar refractivity (Wildman–Crippen MR) is 92.7 cm³/mol. The Morgan fingerprint density at radius 3 is 2.44 bits per heavy atom. The number of hydrogen-bond donors (Lipinski definition) is 2. The Kier molecular flexibility index (Phi) is 6.47. The Labute approximate surface area is 146 Å². The van der Waals surface area contributed by atoms with Gasteiger partial charge < -0.3 is 15.0 Å². The number of quaternary nitrogens is 1. The number of rotatable bonds is 7. The minimum absolute atomic E-state index is 0.240. The van der Waals surface area contributed by atoms with Crippen LogP contribution in [0.2, 0.25) is 0 Å². The lowest BCUT2D eigenvalue weighted by molar-refractivity contribution is -0.907. The summed E-state index contributed by atoms with van der Waals surface area (Å²) < 4.78 is 31.6. The molecule has 1 amide bonds. The summed E-state index contributed by atoms with van der Waals surface area (Å²) in [6.07, 6.45) is 0. The van der Waals surface area contributed by atoms with E-state index in [9.17, 15) is 13.6 Å². The monoisotopic (exact) mass is 349 g/mol. The predicted octanol–water partition coefficient (Wildman–Crippen LogP) is 2.41. The minimum Gasteiger partial charge on any atom is -0.494 e. The number of carbonyl (C=O) groups is 1. The molecule has 2 aromatic rings. The van der Waals surface area contributed by atoms with Crippen LogP contribution in [-0.2, 0) is 11.3 Å². The first-order chi connectivity index (χ1) is 11.9. The Bertz CT molecular complexity index is 720. The van der Waals surface area contributed by atoms with Crippen LogP contribution in [-0.4, -0.2) is 25.6 Å². The van der Waals surface area contributed by atoms with Crippen molar-refractivity contribution in [3.05, 3.63) is 59.7 Å². The van der Waals surface area contributed by atoms with E-state index in [0.29, 0.717) is 13.2 Å². The van der Waals surface area contributed by atoms with E-state index in [1.807, 2.05) is 38.2 Å². The molecule has 134 valence electrons. The molecular formula is C19H23F2N2O2+. The van der Waals surface area contributed by atoms with E-state index in [4.69, 9.17) is 4.74 Å². The molecule has 0 radical (unpaired) electrons. The third-order valence-corrected chi connectivity index (χ3v) is 4.04. The van der Waals surface area contributed by atoms with Crippen LogP contribution >= 0.6 is 0 Å². The number of anilines is 1. The molecular weight excluding hydrogens is 326 g/mol. The number of hydrogen-bond acceptors (Lipinski definition) is 2. The smallest absolute Gasteiger partial charge is 0.282 e. The Hall–Kier alpha value is -2.47. The highest BCUT2D eigenvalue weighted by atomic mass is 19.2. The molecule has 2 rings (SSSR count). The van der Waals surface area contributed by atoms with E-state index in [1.54, 1.807) is 6.92 Å². The van der Waals surface area contributed by atoms with Gasteiger partial charge in [0.2, 0.25) is 0 Å². The number of halogens is 2. The summed E-state index contributed by atoms with van der Waals surface area (Å²) in [6, 6.07) is 10.7. The van der Waals surface area contributed by atoms with Gasteiger partial charge in [0, 0.05) is 17.3 Å². The van der Waals surface area contributed by atoms with Crippen LogP contribution in [0.15, 0.2) is 42.5 Å². The second-order valence-corrected chi connectivity index (χ2v) is 5.94. The van der Waals surface area contributed by atoms with Crippen molar-refractivity contribution in [2.24, 2.45) is 0 Å². The van der Waals surface area contributed by atoms with E-state index in [0.717, 1.165) is 28.3 Å². The van der Waals surface area contributed by atoms with Crippen molar-refractivity contribution in [1.29, 1.82) is 0 Å². The van der Waals surface area contributed by atoms with Crippen molar-refractivity contribution in [3.8, 4) is 5.75 Å². The van der Waals surface area contributed by atoms with Gasteiger partial charge in [-0.15, -0.1) is 0 Å². The molecule has 2 aromatic carbocycles. The first-order valence-corrected chi connectivity index (χ1v) is 8.20. The Balaban J connectivity index is 1.94. The van der Waals surface area contributed by atoms with Gasteiger partial charge >= 0.3 is 0 Å². The van der Waals surface area contributed by atoms with Crippen LogP contribution in [0.5, 0.6) is 5.75 Å². The van der Waals surface area contributed by atoms with Crippen LogP contribution < -0.4 is 15.0 Å². The molecule has 0 saturated heterocycles. The van der Waals surface area contributed by atoms with Gasteiger partial charge in [0.15, 0.2) is 17.7 Å². The molecule has 0 saturated carbocycles. The highest BCUT2D eigenvalue weighted by Gasteiger charge is 2.22. The molecule has 0 aliphatic heterocycles. The molecule has 2 N–H and O–H groups in total. The summed E-state index contributed by atoms with van der Waals surface area (Å²) in [6.45, 7) is 4.99. The van der Waals surface area contributed by atoms with Gasteiger partial charge in [0.1, 0.15) is 12.3 Å². The first kappa shape index (κ1) is 18.9. The molecule has 1 unspecified atom stereocenters. The minimum atomic E-state index is -0.986. The third kappa shape index (κ3) is 5.26. The zero-order valence-electron chi connectivity index (χ0n) is 14.6. The van der Waals surface area contributed by atoms with Crippen molar-refractivity contribution in [2.45, 2.75) is 26.4 Å². The van der Waals surface area contributed by atoms with E-state index < -0.39 is 11.6 Å². The van der Waals surface area contributed by atoms with Gasteiger partial charge in [-0.1, -0.05) is 0 Å². The van der Waals surface area contributed by atoms with E-state index in [1.165, 1.54) is 6.07 Å². The van der Waals surface area contributed by atoms with Gasteiger partial charge in [-0.2, -0.15) is 0 Å². The van der Waals surface area contributed by atoms with Crippen LogP contribution in [0.4, 0.5) is 14.5 Å². The number of benzene rings is 2. The lowest BCUT2D eigenvalue weighted by atomic mass is 10.1. The SMILES string of the molecule is CCOc1ccc(C[NH+](C)[C@@H](C)C(=O)Nc2ccc(F)c(F)c2)cc1. The molecule has 0 heterocycles. The lowest BCUT2D eigenvalue weighted by Gasteiger charge is -2.21. The number of carbonyl (C=O) groups excluding carboxylic acids is 1. The quantitative estimate of drug-likeness (QED) is 0.806. The molecule has 0 aliphatic rings. The third-order valence-electron chi connectivity index (χ3n) is 4.04. The summed E-state index contributed by atoms with van der Waals surface area (Å²) >= 11 is 0. The molecule has 0 aromatic heterocycles. The van der Waals surface area contributed by atoms with Crippen LogP contribution in [0.1, 0.15) is 19.4 Å². The number of amides is 1. The van der Waals surface area contributed by atoms with E-state index in [-0.39, 0.29) is 17.6 Å². The summed E-state index contributed by atoms with van der Waals surface area (Å²) in [4.78, 5) is 13.3. The number of likely N-dealkylation sites (N-methyl/N-ethyl adjacent to an activating group) is 1. The maximum Gasteiger partial charge on any atom is 0.282 e. The molecule has 0 aliphatic carbocycles. The van der Waals surface area contributed by atoms with Crippen molar-refractivity contribution in [1.82, 2.24) is 0 Å². The second-order valence-electron chi connectivity index (χ2n) is 5.94. The summed E-state index contributed by atoms with van der Waals surface area (Å²) in [5.74, 6) is -1.37. The fourth-order valence-electron chi connectivity index (χ4n) is 2.39. The maximum atomic E-state index is 13.2. The average Bonchev–Trinajstić information content (AvgIpc) is 2.59. The average molecular weight is 349 g/mol. The fourth-order valence-corrected chi connectivity index (χ4v) is 2.39. The highest BCUT2D eigenvalue weighted by Crippen LogP contribution is 2.13. The zero-order valence-corrected chi connectivity index (χ0v) is 14.6. The molecule has 6 heteroatoms. The standard InChI is InChI=1S/C19H22F2N2O2/c1-4-25-16-8-5-14(6-9-16)12-23(3)13(2)19(24)22-15-7-10-17(20)18(21)11-15/h5-11,13H,4,12H2,1-3H3,(H,22,24)/p+1/t13-/m0/s1.